The van der Waals surface area contributed by atoms with Crippen molar-refractivity contribution >= 4 is 16.7 Å². The Morgan fingerprint density at radius 1 is 1.19 bits per heavy atom. The van der Waals surface area contributed by atoms with Gasteiger partial charge in [-0.15, -0.1) is 0 Å². The van der Waals surface area contributed by atoms with Crippen LogP contribution in [0.1, 0.15) is 24.2 Å². The van der Waals surface area contributed by atoms with E-state index in [9.17, 15) is 4.79 Å². The molecule has 0 amide bonds. The number of para-hydroxylation sites is 1. The minimum Gasteiger partial charge on any atom is -0.360 e. The molecule has 4 nitrogen and oxygen atoms in total. The maximum atomic E-state index is 12.5. The zero-order valence-electron chi connectivity index (χ0n) is 12.8. The van der Waals surface area contributed by atoms with Gasteiger partial charge in [-0.2, -0.15) is 0 Å². The van der Waals surface area contributed by atoms with Crippen LogP contribution in [0.2, 0.25) is 0 Å². The maximum Gasteiger partial charge on any atom is 0.178 e. The second-order valence-corrected chi connectivity index (χ2v) is 6.08. The van der Waals surface area contributed by atoms with E-state index >= 15 is 0 Å². The number of aromatic amines is 1. The Kier molecular flexibility index (Phi) is 4.08. The monoisotopic (exact) mass is 285 g/mol. The lowest BCUT2D eigenvalue weighted by Gasteiger charge is -2.36. The summed E-state index contributed by atoms with van der Waals surface area (Å²) < 4.78 is 0. The van der Waals surface area contributed by atoms with Crippen LogP contribution in [0.3, 0.4) is 0 Å². The summed E-state index contributed by atoms with van der Waals surface area (Å²) in [5.74, 6) is 0.213. The average Bonchev–Trinajstić information content (AvgIpc) is 2.92. The molecule has 1 saturated heterocycles. The molecule has 1 aliphatic heterocycles. The van der Waals surface area contributed by atoms with Crippen LogP contribution >= 0.6 is 0 Å². The summed E-state index contributed by atoms with van der Waals surface area (Å²) in [6.45, 7) is 9.05. The van der Waals surface area contributed by atoms with Crippen molar-refractivity contribution in [3.63, 3.8) is 0 Å². The van der Waals surface area contributed by atoms with Crippen molar-refractivity contribution in [2.24, 2.45) is 0 Å². The van der Waals surface area contributed by atoms with Crippen molar-refractivity contribution in [1.82, 2.24) is 14.8 Å². The summed E-state index contributed by atoms with van der Waals surface area (Å²) in [7, 11) is 0. The molecule has 2 aromatic rings. The molecule has 1 N–H and O–H groups in total. The zero-order chi connectivity index (χ0) is 14.8. The lowest BCUT2D eigenvalue weighted by molar-refractivity contribution is 0.0808. The van der Waals surface area contributed by atoms with Crippen LogP contribution in [0.25, 0.3) is 10.9 Å². The van der Waals surface area contributed by atoms with Gasteiger partial charge >= 0.3 is 0 Å². The van der Waals surface area contributed by atoms with Crippen molar-refractivity contribution in [3.05, 3.63) is 36.0 Å². The van der Waals surface area contributed by atoms with E-state index in [1.165, 1.54) is 0 Å². The molecule has 1 aliphatic rings. The number of rotatable bonds is 4. The summed E-state index contributed by atoms with van der Waals surface area (Å²) in [4.78, 5) is 20.4. The quantitative estimate of drug-likeness (QED) is 0.877. The number of hydrogen-bond acceptors (Lipinski definition) is 3. The summed E-state index contributed by atoms with van der Waals surface area (Å²) in [5, 5.41) is 1.03. The molecule has 4 heteroatoms. The predicted molar refractivity (Wildman–Crippen MR) is 85.8 cm³/mol. The van der Waals surface area contributed by atoms with Gasteiger partial charge < -0.3 is 4.98 Å². The minimum atomic E-state index is 0.213. The minimum absolute atomic E-state index is 0.213. The molecule has 0 aliphatic carbocycles. The molecule has 112 valence electrons. The number of fused-ring (bicyclic) bond motifs is 1. The topological polar surface area (TPSA) is 39.3 Å². The third-order valence-corrected chi connectivity index (χ3v) is 4.39. The number of ketones is 1. The van der Waals surface area contributed by atoms with E-state index in [1.807, 2.05) is 30.5 Å². The first kappa shape index (κ1) is 14.3. The standard InChI is InChI=1S/C17H23N3O/c1-13(2)20-9-7-19(8-10-20)12-17(21)15-11-18-16-6-4-3-5-14(15)16/h3-6,11,13,18H,7-10,12H2,1-2H3. The summed E-state index contributed by atoms with van der Waals surface area (Å²) in [6, 6.07) is 8.58. The Labute approximate surface area is 125 Å². The van der Waals surface area contributed by atoms with Gasteiger partial charge in [0, 0.05) is 54.9 Å². The third kappa shape index (κ3) is 3.01. The fourth-order valence-electron chi connectivity index (χ4n) is 3.03. The van der Waals surface area contributed by atoms with E-state index in [2.05, 4.69) is 28.6 Å². The van der Waals surface area contributed by atoms with Gasteiger partial charge in [0.15, 0.2) is 5.78 Å². The van der Waals surface area contributed by atoms with Crippen molar-refractivity contribution in [1.29, 1.82) is 0 Å². The third-order valence-electron chi connectivity index (χ3n) is 4.39. The lowest BCUT2D eigenvalue weighted by atomic mass is 10.1. The number of nitrogens with zero attached hydrogens (tertiary/aromatic N) is 2. The fraction of sp³-hybridized carbons (Fsp3) is 0.471. The number of aromatic nitrogens is 1. The molecule has 1 aromatic heterocycles. The molecule has 0 spiro atoms. The molecular weight excluding hydrogens is 262 g/mol. The number of hydrogen-bond donors (Lipinski definition) is 1. The molecule has 21 heavy (non-hydrogen) atoms. The normalized spacial score (nSPS) is 17.7. The Balaban J connectivity index is 1.65. The maximum absolute atomic E-state index is 12.5. The Hall–Kier alpha value is -1.65. The number of carbonyl (C=O) groups is 1. The van der Waals surface area contributed by atoms with Gasteiger partial charge in [0.1, 0.15) is 0 Å². The van der Waals surface area contributed by atoms with Crippen molar-refractivity contribution in [2.45, 2.75) is 19.9 Å². The van der Waals surface area contributed by atoms with Crippen molar-refractivity contribution in [3.8, 4) is 0 Å². The molecule has 0 unspecified atom stereocenters. The molecule has 3 rings (SSSR count). The van der Waals surface area contributed by atoms with Gasteiger partial charge in [-0.25, -0.2) is 0 Å². The van der Waals surface area contributed by atoms with E-state index < -0.39 is 0 Å². The summed E-state index contributed by atoms with van der Waals surface area (Å²) >= 11 is 0. The smallest absolute Gasteiger partial charge is 0.178 e. The molecular formula is C17H23N3O. The SMILES string of the molecule is CC(C)N1CCN(CC(=O)c2c[nH]c3ccccc23)CC1. The van der Waals surface area contributed by atoms with Gasteiger partial charge in [0.25, 0.3) is 0 Å². The second kappa shape index (κ2) is 6.00. The van der Waals surface area contributed by atoms with Crippen molar-refractivity contribution < 1.29 is 4.79 Å². The van der Waals surface area contributed by atoms with Gasteiger partial charge in [-0.05, 0) is 19.9 Å². The van der Waals surface area contributed by atoms with E-state index in [4.69, 9.17) is 0 Å². The van der Waals surface area contributed by atoms with E-state index in [0.29, 0.717) is 12.6 Å². The van der Waals surface area contributed by atoms with E-state index in [1.54, 1.807) is 0 Å². The summed E-state index contributed by atoms with van der Waals surface area (Å²) in [5.41, 5.74) is 1.85. The lowest BCUT2D eigenvalue weighted by Crippen LogP contribution is -2.50. The predicted octanol–water partition coefficient (Wildman–Crippen LogP) is 2.38. The van der Waals surface area contributed by atoms with Crippen LogP contribution in [-0.4, -0.2) is 59.3 Å². The van der Waals surface area contributed by atoms with Crippen molar-refractivity contribution in [2.75, 3.05) is 32.7 Å². The van der Waals surface area contributed by atoms with E-state index in [0.717, 1.165) is 42.6 Å². The molecule has 0 bridgehead atoms. The van der Waals surface area contributed by atoms with Crippen LogP contribution in [-0.2, 0) is 0 Å². The highest BCUT2D eigenvalue weighted by Gasteiger charge is 2.21. The number of nitrogens with one attached hydrogen (secondary N) is 1. The highest BCUT2D eigenvalue weighted by Crippen LogP contribution is 2.18. The first-order valence-electron chi connectivity index (χ1n) is 7.71. The number of H-pyrrole nitrogens is 1. The highest BCUT2D eigenvalue weighted by molar-refractivity contribution is 6.08. The number of Topliss-reactive ketones (excluding diaryl/α,β-unsaturated/α-hetero) is 1. The zero-order valence-corrected chi connectivity index (χ0v) is 12.8. The number of carbonyl (C=O) groups excluding carboxylic acids is 1. The average molecular weight is 285 g/mol. The molecule has 1 aromatic carbocycles. The van der Waals surface area contributed by atoms with Gasteiger partial charge in [-0.3, -0.25) is 14.6 Å². The number of benzene rings is 1. The Bertz CT molecular complexity index is 624. The first-order valence-corrected chi connectivity index (χ1v) is 7.71. The molecule has 0 atom stereocenters. The van der Waals surface area contributed by atoms with Crippen LogP contribution in [0.5, 0.6) is 0 Å². The summed E-state index contributed by atoms with van der Waals surface area (Å²) in [6.07, 6.45) is 1.84. The van der Waals surface area contributed by atoms with E-state index in [-0.39, 0.29) is 5.78 Å². The molecule has 0 radical (unpaired) electrons. The Morgan fingerprint density at radius 3 is 2.62 bits per heavy atom. The van der Waals surface area contributed by atoms with Crippen LogP contribution in [0.15, 0.2) is 30.5 Å². The fourth-order valence-corrected chi connectivity index (χ4v) is 3.03. The largest absolute Gasteiger partial charge is 0.360 e. The first-order chi connectivity index (χ1) is 10.1. The van der Waals surface area contributed by atoms with Crippen LogP contribution in [0, 0.1) is 0 Å². The van der Waals surface area contributed by atoms with Gasteiger partial charge in [-0.1, -0.05) is 18.2 Å². The Morgan fingerprint density at radius 2 is 1.90 bits per heavy atom. The highest BCUT2D eigenvalue weighted by atomic mass is 16.1. The second-order valence-electron chi connectivity index (χ2n) is 6.08. The molecule has 1 fully saturated rings. The molecule has 2 heterocycles. The van der Waals surface area contributed by atoms with Gasteiger partial charge in [0.2, 0.25) is 0 Å². The molecule has 0 saturated carbocycles. The van der Waals surface area contributed by atoms with Crippen LogP contribution in [0.4, 0.5) is 0 Å². The van der Waals surface area contributed by atoms with Gasteiger partial charge in [0.05, 0.1) is 6.54 Å². The van der Waals surface area contributed by atoms with Crippen LogP contribution < -0.4 is 0 Å². The number of piperazine rings is 1.